The lowest BCUT2D eigenvalue weighted by Gasteiger charge is -2.11. The van der Waals surface area contributed by atoms with E-state index < -0.39 is 17.7 Å². The lowest BCUT2D eigenvalue weighted by molar-refractivity contribution is -0.141. The summed E-state index contributed by atoms with van der Waals surface area (Å²) in [5, 5.41) is 6.41. The van der Waals surface area contributed by atoms with Crippen LogP contribution in [-0.2, 0) is 12.7 Å². The van der Waals surface area contributed by atoms with Crippen molar-refractivity contribution in [3.63, 3.8) is 0 Å². The molecule has 0 aliphatic heterocycles. The fourth-order valence-corrected chi connectivity index (χ4v) is 1.80. The van der Waals surface area contributed by atoms with E-state index in [0.29, 0.717) is 12.2 Å². The Morgan fingerprint density at radius 3 is 2.60 bits per heavy atom. The van der Waals surface area contributed by atoms with E-state index in [9.17, 15) is 17.6 Å². The zero-order valence-corrected chi connectivity index (χ0v) is 10.7. The quantitative estimate of drug-likeness (QED) is 0.876. The second kappa shape index (κ2) is 5.62. The van der Waals surface area contributed by atoms with Crippen molar-refractivity contribution in [3.05, 3.63) is 47.5 Å². The first-order valence-electron chi connectivity index (χ1n) is 6.05. The highest BCUT2D eigenvalue weighted by atomic mass is 19.4. The van der Waals surface area contributed by atoms with E-state index in [1.165, 1.54) is 24.4 Å². The van der Waals surface area contributed by atoms with Crippen molar-refractivity contribution in [1.82, 2.24) is 15.1 Å². The fraction of sp³-hybridized carbons (Fsp3) is 0.308. The van der Waals surface area contributed by atoms with Gasteiger partial charge >= 0.3 is 6.18 Å². The van der Waals surface area contributed by atoms with Gasteiger partial charge in [0.15, 0.2) is 5.69 Å². The van der Waals surface area contributed by atoms with Gasteiger partial charge in [-0.2, -0.15) is 18.3 Å². The molecule has 0 spiro atoms. The van der Waals surface area contributed by atoms with Crippen LogP contribution in [0, 0.1) is 5.82 Å². The molecule has 3 nitrogen and oxygen atoms in total. The zero-order chi connectivity index (χ0) is 14.8. The molecule has 20 heavy (non-hydrogen) atoms. The lowest BCUT2D eigenvalue weighted by Crippen LogP contribution is -2.16. The molecule has 1 aromatic heterocycles. The van der Waals surface area contributed by atoms with Crippen LogP contribution in [0.15, 0.2) is 30.5 Å². The predicted molar refractivity (Wildman–Crippen MR) is 65.9 cm³/mol. The summed E-state index contributed by atoms with van der Waals surface area (Å²) < 4.78 is 52.4. The van der Waals surface area contributed by atoms with Gasteiger partial charge in [0.1, 0.15) is 5.82 Å². The standard InChI is InChI=1S/C13H13F4N3/c1-2-18-8-9-10(14)4-3-5-11(9)20-7-6-12(19-20)13(15,16)17/h3-7,18H,2,8H2,1H3. The molecule has 1 aromatic carbocycles. The molecule has 1 heterocycles. The summed E-state index contributed by atoms with van der Waals surface area (Å²) in [7, 11) is 0. The Labute approximate surface area is 113 Å². The third-order valence-corrected chi connectivity index (χ3v) is 2.77. The van der Waals surface area contributed by atoms with E-state index in [2.05, 4.69) is 10.4 Å². The van der Waals surface area contributed by atoms with Crippen LogP contribution in [0.4, 0.5) is 17.6 Å². The van der Waals surface area contributed by atoms with Crippen LogP contribution in [-0.4, -0.2) is 16.3 Å². The van der Waals surface area contributed by atoms with Gasteiger partial charge in [-0.1, -0.05) is 13.0 Å². The Morgan fingerprint density at radius 2 is 2.00 bits per heavy atom. The van der Waals surface area contributed by atoms with Gasteiger partial charge in [-0.15, -0.1) is 0 Å². The van der Waals surface area contributed by atoms with Crippen molar-refractivity contribution in [2.24, 2.45) is 0 Å². The van der Waals surface area contributed by atoms with Crippen LogP contribution in [0.1, 0.15) is 18.2 Å². The molecule has 0 radical (unpaired) electrons. The molecule has 0 atom stereocenters. The molecular weight excluding hydrogens is 274 g/mol. The Balaban J connectivity index is 2.42. The van der Waals surface area contributed by atoms with Crippen LogP contribution in [0.25, 0.3) is 5.69 Å². The van der Waals surface area contributed by atoms with Crippen molar-refractivity contribution < 1.29 is 17.6 Å². The third-order valence-electron chi connectivity index (χ3n) is 2.77. The van der Waals surface area contributed by atoms with Gasteiger partial charge in [-0.05, 0) is 24.7 Å². The molecule has 2 aromatic rings. The van der Waals surface area contributed by atoms with Crippen molar-refractivity contribution in [3.8, 4) is 5.69 Å². The van der Waals surface area contributed by atoms with Crippen LogP contribution >= 0.6 is 0 Å². The van der Waals surface area contributed by atoms with Crippen LogP contribution in [0.5, 0.6) is 0 Å². The maximum absolute atomic E-state index is 13.8. The highest BCUT2D eigenvalue weighted by Crippen LogP contribution is 2.28. The minimum absolute atomic E-state index is 0.222. The van der Waals surface area contributed by atoms with Crippen LogP contribution in [0.2, 0.25) is 0 Å². The number of hydrogen-bond donors (Lipinski definition) is 1. The SMILES string of the molecule is CCNCc1c(F)cccc1-n1ccc(C(F)(F)F)n1. The van der Waals surface area contributed by atoms with Crippen LogP contribution in [0.3, 0.4) is 0 Å². The highest BCUT2D eigenvalue weighted by Gasteiger charge is 2.33. The molecule has 0 aliphatic carbocycles. The first-order valence-corrected chi connectivity index (χ1v) is 6.05. The minimum Gasteiger partial charge on any atom is -0.313 e. The number of hydrogen-bond acceptors (Lipinski definition) is 2. The smallest absolute Gasteiger partial charge is 0.313 e. The highest BCUT2D eigenvalue weighted by molar-refractivity contribution is 5.41. The van der Waals surface area contributed by atoms with E-state index in [1.54, 1.807) is 0 Å². The number of alkyl halides is 3. The average Bonchev–Trinajstić information content (AvgIpc) is 2.86. The molecule has 0 amide bonds. The number of aromatic nitrogens is 2. The largest absolute Gasteiger partial charge is 0.435 e. The van der Waals surface area contributed by atoms with E-state index >= 15 is 0 Å². The van der Waals surface area contributed by atoms with Crippen molar-refractivity contribution in [2.45, 2.75) is 19.6 Å². The summed E-state index contributed by atoms with van der Waals surface area (Å²) in [4.78, 5) is 0. The van der Waals surface area contributed by atoms with Gasteiger partial charge < -0.3 is 5.32 Å². The Bertz CT molecular complexity index is 590. The molecular formula is C13H13F4N3. The first kappa shape index (κ1) is 14.5. The molecule has 2 rings (SSSR count). The summed E-state index contributed by atoms with van der Waals surface area (Å²) in [6.07, 6.45) is -3.34. The van der Waals surface area contributed by atoms with Gasteiger partial charge in [-0.3, -0.25) is 0 Å². The molecule has 108 valence electrons. The number of nitrogens with one attached hydrogen (secondary N) is 1. The summed E-state index contributed by atoms with van der Waals surface area (Å²) in [5.74, 6) is -0.479. The van der Waals surface area contributed by atoms with Gasteiger partial charge in [0.25, 0.3) is 0 Å². The molecule has 7 heteroatoms. The Morgan fingerprint density at radius 1 is 1.25 bits per heavy atom. The van der Waals surface area contributed by atoms with E-state index in [-0.39, 0.29) is 12.1 Å². The third kappa shape index (κ3) is 2.98. The van der Waals surface area contributed by atoms with E-state index in [1.807, 2.05) is 6.92 Å². The lowest BCUT2D eigenvalue weighted by atomic mass is 10.1. The van der Waals surface area contributed by atoms with Gasteiger partial charge in [0, 0.05) is 18.3 Å². The van der Waals surface area contributed by atoms with Crippen LogP contribution < -0.4 is 5.32 Å². The monoisotopic (exact) mass is 287 g/mol. The molecule has 0 unspecified atom stereocenters. The molecule has 1 N–H and O–H groups in total. The number of benzene rings is 1. The molecule has 0 saturated heterocycles. The normalized spacial score (nSPS) is 11.8. The molecule has 0 fully saturated rings. The molecule has 0 aliphatic rings. The van der Waals surface area contributed by atoms with Crippen molar-refractivity contribution in [2.75, 3.05) is 6.54 Å². The van der Waals surface area contributed by atoms with E-state index in [4.69, 9.17) is 0 Å². The number of nitrogens with zero attached hydrogens (tertiary/aromatic N) is 2. The second-order valence-electron chi connectivity index (χ2n) is 4.16. The van der Waals surface area contributed by atoms with Crippen molar-refractivity contribution >= 4 is 0 Å². The van der Waals surface area contributed by atoms with E-state index in [0.717, 1.165) is 10.7 Å². The number of rotatable bonds is 4. The zero-order valence-electron chi connectivity index (χ0n) is 10.7. The van der Waals surface area contributed by atoms with Gasteiger partial charge in [0.05, 0.1) is 5.69 Å². The summed E-state index contributed by atoms with van der Waals surface area (Å²) in [5.41, 5.74) is -0.427. The Kier molecular flexibility index (Phi) is 4.08. The summed E-state index contributed by atoms with van der Waals surface area (Å²) in [6, 6.07) is 5.10. The van der Waals surface area contributed by atoms with Crippen molar-refractivity contribution in [1.29, 1.82) is 0 Å². The van der Waals surface area contributed by atoms with Gasteiger partial charge in [-0.25, -0.2) is 9.07 Å². The summed E-state index contributed by atoms with van der Waals surface area (Å²) in [6.45, 7) is 2.70. The topological polar surface area (TPSA) is 29.9 Å². The maximum Gasteiger partial charge on any atom is 0.435 e. The fourth-order valence-electron chi connectivity index (χ4n) is 1.80. The Hall–Kier alpha value is -1.89. The maximum atomic E-state index is 13.8. The van der Waals surface area contributed by atoms with Gasteiger partial charge in [0.2, 0.25) is 0 Å². The molecule has 0 bridgehead atoms. The average molecular weight is 287 g/mol. The second-order valence-corrected chi connectivity index (χ2v) is 4.16. The minimum atomic E-state index is -4.51. The number of halogens is 4. The summed E-state index contributed by atoms with van der Waals surface area (Å²) >= 11 is 0. The predicted octanol–water partition coefficient (Wildman–Crippen LogP) is 3.14. The molecule has 0 saturated carbocycles. The first-order chi connectivity index (χ1) is 9.43.